The highest BCUT2D eigenvalue weighted by Crippen LogP contribution is 2.32. The standard InChI is InChI=1S/C18H18ClNO/c1-3-4-13-5-10-17-16(18(13)21)11-12(2)20(17)15-8-6-14(19)7-9-15/h3,6-9,11,13H,1,4-5,10H2,2H3. The van der Waals surface area contributed by atoms with Gasteiger partial charge in [0, 0.05) is 33.6 Å². The lowest BCUT2D eigenvalue weighted by Crippen LogP contribution is -2.22. The first-order valence-corrected chi connectivity index (χ1v) is 7.62. The van der Waals surface area contributed by atoms with Gasteiger partial charge < -0.3 is 4.57 Å². The van der Waals surface area contributed by atoms with Crippen molar-refractivity contribution in [2.24, 2.45) is 5.92 Å². The number of allylic oxidation sites excluding steroid dienone is 1. The maximum absolute atomic E-state index is 12.6. The Hall–Kier alpha value is -1.80. The lowest BCUT2D eigenvalue weighted by atomic mass is 9.84. The van der Waals surface area contributed by atoms with E-state index in [0.717, 1.165) is 46.9 Å². The molecule has 1 aliphatic carbocycles. The van der Waals surface area contributed by atoms with Crippen molar-refractivity contribution < 1.29 is 4.79 Å². The van der Waals surface area contributed by atoms with Gasteiger partial charge >= 0.3 is 0 Å². The number of carbonyl (C=O) groups is 1. The van der Waals surface area contributed by atoms with Crippen LogP contribution in [0.15, 0.2) is 43.0 Å². The summed E-state index contributed by atoms with van der Waals surface area (Å²) in [5.74, 6) is 0.349. The Kier molecular flexibility index (Phi) is 3.73. The van der Waals surface area contributed by atoms with Crippen molar-refractivity contribution in [2.45, 2.75) is 26.2 Å². The molecule has 0 amide bonds. The monoisotopic (exact) mass is 299 g/mol. The van der Waals surface area contributed by atoms with Gasteiger partial charge in [-0.15, -0.1) is 6.58 Å². The van der Waals surface area contributed by atoms with Crippen molar-refractivity contribution in [2.75, 3.05) is 0 Å². The molecule has 0 fully saturated rings. The molecule has 3 heteroatoms. The second-order valence-corrected chi connectivity index (χ2v) is 6.02. The molecule has 0 radical (unpaired) electrons. The minimum absolute atomic E-state index is 0.0930. The van der Waals surface area contributed by atoms with Crippen LogP contribution in [0.4, 0.5) is 0 Å². The van der Waals surface area contributed by atoms with Crippen LogP contribution in [0, 0.1) is 12.8 Å². The Bertz CT molecular complexity index is 697. The molecule has 1 aromatic carbocycles. The molecule has 1 atom stereocenters. The van der Waals surface area contributed by atoms with Crippen LogP contribution in [0.2, 0.25) is 5.02 Å². The van der Waals surface area contributed by atoms with E-state index in [1.54, 1.807) is 0 Å². The number of ketones is 1. The summed E-state index contributed by atoms with van der Waals surface area (Å²) >= 11 is 5.96. The van der Waals surface area contributed by atoms with Crippen LogP contribution in [0.5, 0.6) is 0 Å². The van der Waals surface area contributed by atoms with E-state index in [9.17, 15) is 4.79 Å². The smallest absolute Gasteiger partial charge is 0.168 e. The minimum Gasteiger partial charge on any atom is -0.317 e. The number of benzene rings is 1. The van der Waals surface area contributed by atoms with Gasteiger partial charge in [0.2, 0.25) is 0 Å². The summed E-state index contributed by atoms with van der Waals surface area (Å²) in [6.45, 7) is 5.80. The molecule has 0 spiro atoms. The summed E-state index contributed by atoms with van der Waals surface area (Å²) in [6, 6.07) is 9.77. The average molecular weight is 300 g/mol. The molecule has 108 valence electrons. The molecule has 21 heavy (non-hydrogen) atoms. The van der Waals surface area contributed by atoms with Crippen LogP contribution in [-0.4, -0.2) is 10.4 Å². The van der Waals surface area contributed by atoms with E-state index in [2.05, 4.69) is 11.1 Å². The lowest BCUT2D eigenvalue weighted by molar-refractivity contribution is 0.0903. The topological polar surface area (TPSA) is 22.0 Å². The molecule has 1 aromatic heterocycles. The molecule has 1 unspecified atom stereocenters. The Morgan fingerprint density at radius 1 is 1.38 bits per heavy atom. The third kappa shape index (κ3) is 2.44. The number of aryl methyl sites for hydroxylation is 1. The van der Waals surface area contributed by atoms with Gasteiger partial charge in [-0.3, -0.25) is 4.79 Å². The van der Waals surface area contributed by atoms with Crippen LogP contribution < -0.4 is 0 Å². The largest absolute Gasteiger partial charge is 0.317 e. The Morgan fingerprint density at radius 3 is 2.76 bits per heavy atom. The SMILES string of the molecule is C=CCC1CCc2c(cc(C)n2-c2ccc(Cl)cc2)C1=O. The first-order valence-electron chi connectivity index (χ1n) is 7.24. The molecular weight excluding hydrogens is 282 g/mol. The van der Waals surface area contributed by atoms with Crippen LogP contribution >= 0.6 is 11.6 Å². The maximum Gasteiger partial charge on any atom is 0.168 e. The van der Waals surface area contributed by atoms with E-state index in [-0.39, 0.29) is 11.7 Å². The van der Waals surface area contributed by atoms with E-state index in [4.69, 9.17) is 11.6 Å². The van der Waals surface area contributed by atoms with Gasteiger partial charge in [0.15, 0.2) is 5.78 Å². The zero-order chi connectivity index (χ0) is 15.0. The molecule has 3 rings (SSSR count). The first-order chi connectivity index (χ1) is 10.1. The number of halogens is 1. The van der Waals surface area contributed by atoms with Crippen LogP contribution in [0.25, 0.3) is 5.69 Å². The van der Waals surface area contributed by atoms with E-state index in [1.165, 1.54) is 0 Å². The van der Waals surface area contributed by atoms with Crippen molar-refractivity contribution >= 4 is 17.4 Å². The number of hydrogen-bond donors (Lipinski definition) is 0. The Balaban J connectivity index is 2.06. The van der Waals surface area contributed by atoms with Crippen molar-refractivity contribution in [1.29, 1.82) is 0 Å². The predicted octanol–water partition coefficient (Wildman–Crippen LogP) is 4.76. The first kappa shape index (κ1) is 14.2. The maximum atomic E-state index is 12.6. The Morgan fingerprint density at radius 2 is 2.10 bits per heavy atom. The van der Waals surface area contributed by atoms with Gasteiger partial charge in [-0.2, -0.15) is 0 Å². The molecule has 2 nitrogen and oxygen atoms in total. The molecule has 0 bridgehead atoms. The summed E-state index contributed by atoms with van der Waals surface area (Å²) in [5, 5.41) is 0.722. The number of Topliss-reactive ketones (excluding diaryl/α,β-unsaturated/α-hetero) is 1. The second-order valence-electron chi connectivity index (χ2n) is 5.58. The molecule has 0 saturated heterocycles. The van der Waals surface area contributed by atoms with Gasteiger partial charge in [-0.25, -0.2) is 0 Å². The normalized spacial score (nSPS) is 17.6. The molecule has 0 saturated carbocycles. The molecule has 1 aliphatic rings. The van der Waals surface area contributed by atoms with Gasteiger partial charge in [0.25, 0.3) is 0 Å². The fraction of sp³-hybridized carbons (Fsp3) is 0.278. The summed E-state index contributed by atoms with van der Waals surface area (Å²) in [6.07, 6.45) is 4.44. The summed E-state index contributed by atoms with van der Waals surface area (Å²) in [7, 11) is 0. The summed E-state index contributed by atoms with van der Waals surface area (Å²) in [4.78, 5) is 12.6. The van der Waals surface area contributed by atoms with Crippen molar-refractivity contribution in [3.8, 4) is 5.69 Å². The zero-order valence-corrected chi connectivity index (χ0v) is 12.9. The van der Waals surface area contributed by atoms with Gasteiger partial charge in [0.05, 0.1) is 0 Å². The van der Waals surface area contributed by atoms with Crippen LogP contribution in [-0.2, 0) is 6.42 Å². The Labute approximate surface area is 130 Å². The molecular formula is C18H18ClNO. The van der Waals surface area contributed by atoms with E-state index >= 15 is 0 Å². The number of fused-ring (bicyclic) bond motifs is 1. The van der Waals surface area contributed by atoms with Crippen LogP contribution in [0.3, 0.4) is 0 Å². The molecule has 0 N–H and O–H groups in total. The summed E-state index contributed by atoms with van der Waals surface area (Å²) in [5.41, 5.74) is 4.16. The lowest BCUT2D eigenvalue weighted by Gasteiger charge is -2.22. The minimum atomic E-state index is 0.0930. The fourth-order valence-corrected chi connectivity index (χ4v) is 3.31. The third-order valence-corrected chi connectivity index (χ3v) is 4.44. The van der Waals surface area contributed by atoms with Crippen molar-refractivity contribution in [3.05, 3.63) is 65.0 Å². The fourth-order valence-electron chi connectivity index (χ4n) is 3.19. The quantitative estimate of drug-likeness (QED) is 0.749. The number of nitrogens with zero attached hydrogens (tertiary/aromatic N) is 1. The highest BCUT2D eigenvalue weighted by molar-refractivity contribution is 6.30. The highest BCUT2D eigenvalue weighted by Gasteiger charge is 2.30. The predicted molar refractivity (Wildman–Crippen MR) is 86.5 cm³/mol. The highest BCUT2D eigenvalue weighted by atomic mass is 35.5. The molecule has 2 aromatic rings. The van der Waals surface area contributed by atoms with E-state index in [0.29, 0.717) is 0 Å². The zero-order valence-electron chi connectivity index (χ0n) is 12.1. The number of hydrogen-bond acceptors (Lipinski definition) is 1. The van der Waals surface area contributed by atoms with Crippen LogP contribution in [0.1, 0.15) is 34.6 Å². The van der Waals surface area contributed by atoms with Crippen molar-refractivity contribution in [3.63, 3.8) is 0 Å². The van der Waals surface area contributed by atoms with Gasteiger partial charge in [-0.05, 0) is 56.5 Å². The molecule has 1 heterocycles. The number of rotatable bonds is 3. The van der Waals surface area contributed by atoms with Gasteiger partial charge in [-0.1, -0.05) is 17.7 Å². The number of aromatic nitrogens is 1. The van der Waals surface area contributed by atoms with Crippen molar-refractivity contribution in [1.82, 2.24) is 4.57 Å². The summed E-state index contributed by atoms with van der Waals surface area (Å²) < 4.78 is 2.17. The number of carbonyl (C=O) groups excluding carboxylic acids is 1. The van der Waals surface area contributed by atoms with Gasteiger partial charge in [0.1, 0.15) is 0 Å². The second kappa shape index (κ2) is 5.53. The van der Waals surface area contributed by atoms with E-state index < -0.39 is 0 Å². The third-order valence-electron chi connectivity index (χ3n) is 4.19. The molecule has 0 aliphatic heterocycles. The van der Waals surface area contributed by atoms with E-state index in [1.807, 2.05) is 43.3 Å². The average Bonchev–Trinajstić information content (AvgIpc) is 2.80.